The van der Waals surface area contributed by atoms with Gasteiger partial charge in [-0.1, -0.05) is 37.3 Å². The first-order valence-corrected chi connectivity index (χ1v) is 12.6. The lowest BCUT2D eigenvalue weighted by molar-refractivity contribution is -0.194. The van der Waals surface area contributed by atoms with Gasteiger partial charge in [0, 0.05) is 29.5 Å². The molecule has 1 N–H and O–H groups in total. The number of aromatic nitrogens is 1. The number of hydrogen-bond donors (Lipinski definition) is 1. The fourth-order valence-corrected chi connectivity index (χ4v) is 4.41. The highest BCUT2D eigenvalue weighted by Gasteiger charge is 2.51. The Morgan fingerprint density at radius 2 is 1.82 bits per heavy atom. The van der Waals surface area contributed by atoms with Crippen LogP contribution in [0.25, 0.3) is 10.9 Å². The van der Waals surface area contributed by atoms with E-state index in [1.807, 2.05) is 37.3 Å². The molecule has 1 unspecified atom stereocenters. The zero-order valence-electron chi connectivity index (χ0n) is 22.4. The molecule has 0 radical (unpaired) electrons. The normalized spacial score (nSPS) is 17.4. The minimum Gasteiger partial charge on any atom is -0.489 e. The van der Waals surface area contributed by atoms with Gasteiger partial charge < -0.3 is 19.6 Å². The maximum atomic E-state index is 13.5. The van der Waals surface area contributed by atoms with Crippen LogP contribution in [0.1, 0.15) is 57.4 Å². The molecule has 1 aliphatic heterocycles. The molecule has 0 bridgehead atoms. The van der Waals surface area contributed by atoms with Crippen molar-refractivity contribution in [2.24, 2.45) is 0 Å². The molecule has 4 rings (SSSR count). The van der Waals surface area contributed by atoms with Crippen molar-refractivity contribution >= 4 is 28.9 Å². The summed E-state index contributed by atoms with van der Waals surface area (Å²) in [5, 5.41) is 4.77. The first-order chi connectivity index (χ1) is 18.0. The number of pyridine rings is 1. The van der Waals surface area contributed by atoms with Gasteiger partial charge in [0.05, 0.1) is 12.1 Å². The second-order valence-electron chi connectivity index (χ2n) is 10.3. The van der Waals surface area contributed by atoms with Crippen LogP contribution >= 0.6 is 0 Å². The van der Waals surface area contributed by atoms with Crippen molar-refractivity contribution in [3.63, 3.8) is 0 Å². The van der Waals surface area contributed by atoms with E-state index in [0.717, 1.165) is 27.2 Å². The molecule has 0 aliphatic carbocycles. The summed E-state index contributed by atoms with van der Waals surface area (Å²) in [6.07, 6.45) is -0.422. The van der Waals surface area contributed by atoms with Gasteiger partial charge in [0.1, 0.15) is 18.0 Å². The Labute approximate surface area is 222 Å². The third-order valence-electron chi connectivity index (χ3n) is 6.17. The second-order valence-corrected chi connectivity index (χ2v) is 10.3. The van der Waals surface area contributed by atoms with Gasteiger partial charge in [-0.15, -0.1) is 0 Å². The van der Waals surface area contributed by atoms with Crippen LogP contribution in [0.2, 0.25) is 0 Å². The van der Waals surface area contributed by atoms with Crippen molar-refractivity contribution in [3.05, 3.63) is 71.4 Å². The van der Waals surface area contributed by atoms with Crippen molar-refractivity contribution < 1.29 is 28.7 Å². The number of nitrogens with zero attached hydrogens (tertiary/aromatic N) is 2. The van der Waals surface area contributed by atoms with Gasteiger partial charge in [-0.2, -0.15) is 5.06 Å². The van der Waals surface area contributed by atoms with E-state index in [0.29, 0.717) is 17.9 Å². The van der Waals surface area contributed by atoms with E-state index < -0.39 is 29.1 Å². The zero-order chi connectivity index (χ0) is 27.5. The Kier molecular flexibility index (Phi) is 7.57. The lowest BCUT2D eigenvalue weighted by Crippen LogP contribution is -2.53. The fraction of sp³-hybridized carbons (Fsp3) is 0.379. The number of carbonyl (C=O) groups is 3. The molecule has 1 aromatic heterocycles. The van der Waals surface area contributed by atoms with Gasteiger partial charge in [0.15, 0.2) is 5.54 Å². The van der Waals surface area contributed by atoms with Crippen molar-refractivity contribution in [2.45, 2.75) is 65.2 Å². The van der Waals surface area contributed by atoms with Gasteiger partial charge in [-0.3, -0.25) is 9.78 Å². The fourth-order valence-electron chi connectivity index (χ4n) is 4.41. The standard InChI is InChI=1S/C29H33N3O6/c1-6-25(33)38-32-16-15-29(26(32)34,31-27(35)37-28(3,4)5)21-11-13-22(14-12-21)36-18-20-17-19(2)30-24-10-8-7-9-23(20)24/h7-14,17H,6,15-16,18H2,1-5H3,(H,31,35). The van der Waals surface area contributed by atoms with Gasteiger partial charge >= 0.3 is 12.1 Å². The molecule has 2 heterocycles. The maximum absolute atomic E-state index is 13.5. The number of hydroxylamine groups is 2. The van der Waals surface area contributed by atoms with Gasteiger partial charge in [-0.05, 0) is 57.5 Å². The van der Waals surface area contributed by atoms with Crippen molar-refractivity contribution in [3.8, 4) is 5.75 Å². The number of amides is 2. The molecule has 200 valence electrons. The summed E-state index contributed by atoms with van der Waals surface area (Å²) in [6.45, 7) is 9.28. The van der Waals surface area contributed by atoms with Crippen molar-refractivity contribution in [2.75, 3.05) is 6.54 Å². The van der Waals surface area contributed by atoms with Crippen molar-refractivity contribution in [1.29, 1.82) is 0 Å². The topological polar surface area (TPSA) is 107 Å². The van der Waals surface area contributed by atoms with Crippen LogP contribution in [-0.4, -0.2) is 40.2 Å². The Hall–Kier alpha value is -4.14. The van der Waals surface area contributed by atoms with E-state index in [1.54, 1.807) is 52.0 Å². The highest BCUT2D eigenvalue weighted by molar-refractivity contribution is 5.93. The predicted octanol–water partition coefficient (Wildman–Crippen LogP) is 4.94. The quantitative estimate of drug-likeness (QED) is 0.471. The molecule has 2 aromatic carbocycles. The highest BCUT2D eigenvalue weighted by atomic mass is 16.7. The van der Waals surface area contributed by atoms with Crippen LogP contribution in [-0.2, 0) is 31.3 Å². The summed E-state index contributed by atoms with van der Waals surface area (Å²) in [6, 6.07) is 16.9. The molecule has 0 spiro atoms. The number of carbonyl (C=O) groups excluding carboxylic acids is 3. The number of nitrogens with one attached hydrogen (secondary N) is 1. The Bertz CT molecular complexity index is 1350. The third kappa shape index (κ3) is 5.88. The molecule has 1 atom stereocenters. The second kappa shape index (κ2) is 10.7. The van der Waals surface area contributed by atoms with Crippen molar-refractivity contribution in [1.82, 2.24) is 15.4 Å². The molecule has 3 aromatic rings. The zero-order valence-corrected chi connectivity index (χ0v) is 22.4. The smallest absolute Gasteiger partial charge is 0.408 e. The summed E-state index contributed by atoms with van der Waals surface area (Å²) in [5.74, 6) is -0.481. The number of para-hydroxylation sites is 1. The van der Waals surface area contributed by atoms with Crippen LogP contribution in [0.5, 0.6) is 5.75 Å². The maximum Gasteiger partial charge on any atom is 0.408 e. The average molecular weight is 520 g/mol. The molecule has 1 aliphatic rings. The van der Waals surface area contributed by atoms with Crippen LogP contribution in [0, 0.1) is 6.92 Å². The number of hydrogen-bond acceptors (Lipinski definition) is 7. The molecule has 9 nitrogen and oxygen atoms in total. The molecule has 2 amide bonds. The number of rotatable bonds is 7. The monoisotopic (exact) mass is 519 g/mol. The summed E-state index contributed by atoms with van der Waals surface area (Å²) in [5.41, 5.74) is 1.15. The minimum absolute atomic E-state index is 0.120. The predicted molar refractivity (Wildman–Crippen MR) is 141 cm³/mol. The highest BCUT2D eigenvalue weighted by Crippen LogP contribution is 2.35. The third-order valence-corrected chi connectivity index (χ3v) is 6.17. The van der Waals surface area contributed by atoms with Crippen LogP contribution < -0.4 is 10.1 Å². The lowest BCUT2D eigenvalue weighted by atomic mass is 9.88. The van der Waals surface area contributed by atoms with Gasteiger partial charge in [0.2, 0.25) is 0 Å². The summed E-state index contributed by atoms with van der Waals surface area (Å²) in [7, 11) is 0. The Morgan fingerprint density at radius 1 is 1.11 bits per heavy atom. The van der Waals surface area contributed by atoms with E-state index in [1.165, 1.54) is 0 Å². The average Bonchev–Trinajstić information content (AvgIpc) is 3.16. The minimum atomic E-state index is -1.45. The Balaban J connectivity index is 1.57. The first kappa shape index (κ1) is 26.9. The van der Waals surface area contributed by atoms with Gasteiger partial charge in [0.25, 0.3) is 5.91 Å². The van der Waals surface area contributed by atoms with E-state index in [-0.39, 0.29) is 19.4 Å². The van der Waals surface area contributed by atoms with E-state index in [2.05, 4.69) is 10.3 Å². The largest absolute Gasteiger partial charge is 0.489 e. The van der Waals surface area contributed by atoms with Crippen LogP contribution in [0.3, 0.4) is 0 Å². The van der Waals surface area contributed by atoms with E-state index >= 15 is 0 Å². The summed E-state index contributed by atoms with van der Waals surface area (Å²) >= 11 is 0. The summed E-state index contributed by atoms with van der Waals surface area (Å²) < 4.78 is 11.5. The van der Waals surface area contributed by atoms with E-state index in [9.17, 15) is 14.4 Å². The number of aryl methyl sites for hydroxylation is 1. The number of ether oxygens (including phenoxy) is 2. The van der Waals surface area contributed by atoms with Crippen LogP contribution in [0.4, 0.5) is 4.79 Å². The summed E-state index contributed by atoms with van der Waals surface area (Å²) in [4.78, 5) is 47.9. The van der Waals surface area contributed by atoms with Crippen LogP contribution in [0.15, 0.2) is 54.6 Å². The SMILES string of the molecule is CCC(=O)ON1CCC(NC(=O)OC(C)(C)C)(c2ccc(OCc3cc(C)nc4ccccc34)cc2)C1=O. The molecule has 1 saturated heterocycles. The molecular weight excluding hydrogens is 486 g/mol. The number of fused-ring (bicyclic) bond motifs is 1. The first-order valence-electron chi connectivity index (χ1n) is 12.6. The molecule has 1 fully saturated rings. The molecule has 9 heteroatoms. The van der Waals surface area contributed by atoms with E-state index in [4.69, 9.17) is 14.3 Å². The number of benzene rings is 2. The van der Waals surface area contributed by atoms with Gasteiger partial charge in [-0.25, -0.2) is 9.59 Å². The molecule has 0 saturated carbocycles. The molecular formula is C29H33N3O6. The Morgan fingerprint density at radius 3 is 2.50 bits per heavy atom. The lowest BCUT2D eigenvalue weighted by Gasteiger charge is -2.30. The molecule has 38 heavy (non-hydrogen) atoms. The number of alkyl carbamates (subject to hydrolysis) is 1.